The highest BCUT2D eigenvalue weighted by molar-refractivity contribution is 7.18. The topological polar surface area (TPSA) is 108 Å². The Bertz CT molecular complexity index is 828. The zero-order valence-corrected chi connectivity index (χ0v) is 14.9. The first-order valence-corrected chi connectivity index (χ1v) is 8.27. The average Bonchev–Trinajstić information content (AvgIpc) is 2.91. The second-order valence-electron chi connectivity index (χ2n) is 5.00. The maximum Gasteiger partial charge on any atom is 0.348 e. The summed E-state index contributed by atoms with van der Waals surface area (Å²) < 4.78 is 10.1. The lowest BCUT2D eigenvalue weighted by molar-refractivity contribution is 0.0531. The number of amides is 2. The lowest BCUT2D eigenvalue weighted by Crippen LogP contribution is -2.18. The van der Waals surface area contributed by atoms with Gasteiger partial charge in [-0.15, -0.1) is 11.3 Å². The number of carbonyl (C=O) groups is 3. The summed E-state index contributed by atoms with van der Waals surface area (Å²) in [5.74, 6) is -1.39. The van der Waals surface area contributed by atoms with Crippen LogP contribution in [-0.4, -0.2) is 31.5 Å². The van der Waals surface area contributed by atoms with E-state index in [2.05, 4.69) is 5.32 Å². The Hall–Kier alpha value is -2.87. The molecule has 0 aliphatic heterocycles. The van der Waals surface area contributed by atoms with Gasteiger partial charge in [-0.2, -0.15) is 0 Å². The number of methoxy groups -OCH3 is 1. The lowest BCUT2D eigenvalue weighted by atomic mass is 10.1. The summed E-state index contributed by atoms with van der Waals surface area (Å²) in [5.41, 5.74) is 6.18. The van der Waals surface area contributed by atoms with E-state index in [1.807, 2.05) is 0 Å². The van der Waals surface area contributed by atoms with E-state index in [0.717, 1.165) is 11.3 Å². The van der Waals surface area contributed by atoms with Crippen LogP contribution < -0.4 is 15.8 Å². The third kappa shape index (κ3) is 3.80. The normalized spacial score (nSPS) is 10.2. The Morgan fingerprint density at radius 1 is 1.24 bits per heavy atom. The molecule has 1 heterocycles. The highest BCUT2D eigenvalue weighted by Crippen LogP contribution is 2.34. The van der Waals surface area contributed by atoms with Crippen LogP contribution in [0.5, 0.6) is 5.75 Å². The molecule has 0 fully saturated rings. The van der Waals surface area contributed by atoms with Gasteiger partial charge in [0, 0.05) is 0 Å². The van der Waals surface area contributed by atoms with Crippen LogP contribution in [-0.2, 0) is 4.74 Å². The summed E-state index contributed by atoms with van der Waals surface area (Å²) in [6, 6.07) is 6.66. The van der Waals surface area contributed by atoms with Gasteiger partial charge < -0.3 is 20.5 Å². The van der Waals surface area contributed by atoms with Gasteiger partial charge in [0.25, 0.3) is 11.8 Å². The van der Waals surface area contributed by atoms with Crippen molar-refractivity contribution in [1.29, 1.82) is 0 Å². The summed E-state index contributed by atoms with van der Waals surface area (Å²) >= 11 is 0.951. The number of nitrogens with one attached hydrogen (secondary N) is 1. The Kier molecular flexibility index (Phi) is 5.76. The van der Waals surface area contributed by atoms with Crippen molar-refractivity contribution < 1.29 is 23.9 Å². The highest BCUT2D eigenvalue weighted by Gasteiger charge is 2.25. The molecule has 8 heteroatoms. The quantitative estimate of drug-likeness (QED) is 0.768. The van der Waals surface area contributed by atoms with Crippen LogP contribution in [0.2, 0.25) is 0 Å². The number of anilines is 1. The van der Waals surface area contributed by atoms with Crippen molar-refractivity contribution >= 4 is 34.1 Å². The molecule has 132 valence electrons. The molecule has 0 aliphatic rings. The Balaban J connectivity index is 2.41. The summed E-state index contributed by atoms with van der Waals surface area (Å²) in [5, 5.41) is 2.83. The number of hydrogen-bond acceptors (Lipinski definition) is 6. The maximum atomic E-state index is 12.5. The van der Waals surface area contributed by atoms with Crippen molar-refractivity contribution in [3.63, 3.8) is 0 Å². The molecular formula is C17H18N2O5S. The van der Waals surface area contributed by atoms with Gasteiger partial charge in [-0.1, -0.05) is 12.1 Å². The van der Waals surface area contributed by atoms with Crippen LogP contribution in [0.3, 0.4) is 0 Å². The van der Waals surface area contributed by atoms with Crippen molar-refractivity contribution in [1.82, 2.24) is 0 Å². The molecular weight excluding hydrogens is 344 g/mol. The number of primary amides is 1. The molecule has 1 aromatic heterocycles. The first kappa shape index (κ1) is 18.5. The second-order valence-corrected chi connectivity index (χ2v) is 6.02. The predicted molar refractivity (Wildman–Crippen MR) is 94.5 cm³/mol. The monoisotopic (exact) mass is 362 g/mol. The molecule has 0 spiro atoms. The van der Waals surface area contributed by atoms with E-state index in [0.29, 0.717) is 16.9 Å². The fraction of sp³-hybridized carbons (Fsp3) is 0.235. The van der Waals surface area contributed by atoms with Gasteiger partial charge in [-0.05, 0) is 31.5 Å². The number of rotatable bonds is 6. The molecule has 0 radical (unpaired) electrons. The predicted octanol–water partition coefficient (Wildman–Crippen LogP) is 2.59. The van der Waals surface area contributed by atoms with E-state index in [9.17, 15) is 14.4 Å². The standard InChI is InChI=1S/C17H18N2O5S/c1-4-24-17(22)13-9(2)12(14(18)20)16(25-13)19-15(21)10-7-5-6-8-11(10)23-3/h5-8H,4H2,1-3H3,(H2,18,20)(H,19,21). The first-order chi connectivity index (χ1) is 11.9. The number of esters is 1. The van der Waals surface area contributed by atoms with Gasteiger partial charge in [0.1, 0.15) is 15.6 Å². The average molecular weight is 362 g/mol. The van der Waals surface area contributed by atoms with Gasteiger partial charge in [-0.3, -0.25) is 9.59 Å². The third-order valence-corrected chi connectivity index (χ3v) is 4.62. The molecule has 0 saturated carbocycles. The van der Waals surface area contributed by atoms with E-state index < -0.39 is 17.8 Å². The molecule has 2 aromatic rings. The van der Waals surface area contributed by atoms with Crippen LogP contribution in [0.15, 0.2) is 24.3 Å². The van der Waals surface area contributed by atoms with E-state index in [4.69, 9.17) is 15.2 Å². The van der Waals surface area contributed by atoms with Crippen LogP contribution >= 0.6 is 11.3 Å². The van der Waals surface area contributed by atoms with Crippen LogP contribution in [0, 0.1) is 6.92 Å². The van der Waals surface area contributed by atoms with Gasteiger partial charge in [0.2, 0.25) is 0 Å². The Morgan fingerprint density at radius 3 is 2.52 bits per heavy atom. The Labute approximate surface area is 148 Å². The molecule has 0 aliphatic carbocycles. The van der Waals surface area contributed by atoms with E-state index >= 15 is 0 Å². The summed E-state index contributed by atoms with van der Waals surface area (Å²) in [7, 11) is 1.45. The Morgan fingerprint density at radius 2 is 1.92 bits per heavy atom. The van der Waals surface area contributed by atoms with E-state index in [1.165, 1.54) is 7.11 Å². The highest BCUT2D eigenvalue weighted by atomic mass is 32.1. The summed E-state index contributed by atoms with van der Waals surface area (Å²) in [6.07, 6.45) is 0. The molecule has 2 amide bonds. The number of benzene rings is 1. The number of nitrogens with two attached hydrogens (primary N) is 1. The number of para-hydroxylation sites is 1. The zero-order valence-electron chi connectivity index (χ0n) is 14.0. The molecule has 3 N–H and O–H groups in total. The van der Waals surface area contributed by atoms with Crippen molar-refractivity contribution in [3.8, 4) is 5.75 Å². The molecule has 2 rings (SSSR count). The molecule has 0 saturated heterocycles. The molecule has 1 aromatic carbocycles. The fourth-order valence-electron chi connectivity index (χ4n) is 2.29. The lowest BCUT2D eigenvalue weighted by Gasteiger charge is -2.08. The third-order valence-electron chi connectivity index (χ3n) is 3.43. The van der Waals surface area contributed by atoms with Crippen LogP contribution in [0.25, 0.3) is 0 Å². The summed E-state index contributed by atoms with van der Waals surface area (Å²) in [6.45, 7) is 3.47. The van der Waals surface area contributed by atoms with Gasteiger partial charge in [0.05, 0.1) is 24.8 Å². The number of hydrogen-bond donors (Lipinski definition) is 2. The van der Waals surface area contributed by atoms with Gasteiger partial charge in [-0.25, -0.2) is 4.79 Å². The molecule has 0 unspecified atom stereocenters. The molecule has 25 heavy (non-hydrogen) atoms. The largest absolute Gasteiger partial charge is 0.496 e. The van der Waals surface area contributed by atoms with Crippen molar-refractivity contribution in [2.75, 3.05) is 19.0 Å². The minimum absolute atomic E-state index is 0.0938. The minimum Gasteiger partial charge on any atom is -0.496 e. The van der Waals surface area contributed by atoms with E-state index in [-0.39, 0.29) is 22.0 Å². The van der Waals surface area contributed by atoms with Crippen molar-refractivity contribution in [2.45, 2.75) is 13.8 Å². The molecule has 0 atom stereocenters. The van der Waals surface area contributed by atoms with Crippen LogP contribution in [0.4, 0.5) is 5.00 Å². The minimum atomic E-state index is -0.736. The number of carbonyl (C=O) groups excluding carboxylic acids is 3. The van der Waals surface area contributed by atoms with Crippen LogP contribution in [0.1, 0.15) is 42.9 Å². The SMILES string of the molecule is CCOC(=O)c1sc(NC(=O)c2ccccc2OC)c(C(N)=O)c1C. The maximum absolute atomic E-state index is 12.5. The zero-order chi connectivity index (χ0) is 18.6. The second kappa shape index (κ2) is 7.80. The van der Waals surface area contributed by atoms with Crippen molar-refractivity contribution in [2.24, 2.45) is 5.73 Å². The summed E-state index contributed by atoms with van der Waals surface area (Å²) in [4.78, 5) is 36.6. The number of thiophene rings is 1. The van der Waals surface area contributed by atoms with Crippen molar-refractivity contribution in [3.05, 3.63) is 45.8 Å². The number of ether oxygens (including phenoxy) is 2. The van der Waals surface area contributed by atoms with E-state index in [1.54, 1.807) is 38.1 Å². The smallest absolute Gasteiger partial charge is 0.348 e. The van der Waals surface area contributed by atoms with Gasteiger partial charge >= 0.3 is 5.97 Å². The fourth-order valence-corrected chi connectivity index (χ4v) is 3.39. The molecule has 0 bridgehead atoms. The first-order valence-electron chi connectivity index (χ1n) is 7.45. The molecule has 7 nitrogen and oxygen atoms in total. The van der Waals surface area contributed by atoms with Gasteiger partial charge in [0.15, 0.2) is 0 Å².